The molecule has 0 bridgehead atoms. The number of carbonyl (C=O) groups excluding carboxylic acids is 1. The van der Waals surface area contributed by atoms with Crippen molar-refractivity contribution in [1.82, 2.24) is 14.6 Å². The Morgan fingerprint density at radius 1 is 1.39 bits per heavy atom. The Labute approximate surface area is 105 Å². The van der Waals surface area contributed by atoms with Crippen molar-refractivity contribution in [1.29, 1.82) is 0 Å². The van der Waals surface area contributed by atoms with E-state index in [0.717, 1.165) is 18.7 Å². The molecule has 0 radical (unpaired) electrons. The summed E-state index contributed by atoms with van der Waals surface area (Å²) in [6.07, 6.45) is 4.77. The normalized spacial score (nSPS) is 16.3. The second-order valence-electron chi connectivity index (χ2n) is 4.62. The number of hydrogen-bond donors (Lipinski definition) is 0. The highest BCUT2D eigenvalue weighted by atomic mass is 16.5. The number of methoxy groups -OCH3 is 1. The lowest BCUT2D eigenvalue weighted by Crippen LogP contribution is -2.09. The number of fused-ring (bicyclic) bond motifs is 1. The molecule has 5 nitrogen and oxygen atoms in total. The van der Waals surface area contributed by atoms with Crippen LogP contribution in [0.3, 0.4) is 0 Å². The molecule has 0 N–H and O–H groups in total. The molecule has 3 rings (SSSR count). The van der Waals surface area contributed by atoms with Gasteiger partial charge in [0.1, 0.15) is 0 Å². The molecule has 0 unspecified atom stereocenters. The average molecular weight is 245 g/mol. The first-order valence-corrected chi connectivity index (χ1v) is 6.23. The van der Waals surface area contributed by atoms with Crippen molar-refractivity contribution in [2.24, 2.45) is 0 Å². The van der Waals surface area contributed by atoms with Gasteiger partial charge in [-0.2, -0.15) is 5.10 Å². The van der Waals surface area contributed by atoms with E-state index in [0.29, 0.717) is 17.3 Å². The van der Waals surface area contributed by atoms with Crippen LogP contribution in [0.25, 0.3) is 5.65 Å². The largest absolute Gasteiger partial charge is 0.464 e. The Kier molecular flexibility index (Phi) is 2.74. The van der Waals surface area contributed by atoms with Gasteiger partial charge in [-0.25, -0.2) is 14.3 Å². The molecule has 0 aliphatic heterocycles. The van der Waals surface area contributed by atoms with Gasteiger partial charge in [0.05, 0.1) is 7.11 Å². The predicted octanol–water partition coefficient (Wildman–Crippen LogP) is 2.17. The highest BCUT2D eigenvalue weighted by Gasteiger charge is 2.22. The smallest absolute Gasteiger partial charge is 0.356 e. The third-order valence-electron chi connectivity index (χ3n) is 3.49. The van der Waals surface area contributed by atoms with Crippen molar-refractivity contribution in [2.75, 3.05) is 7.11 Å². The van der Waals surface area contributed by atoms with E-state index in [2.05, 4.69) is 10.1 Å². The van der Waals surface area contributed by atoms with Gasteiger partial charge in [-0.3, -0.25) is 0 Å². The molecule has 1 aliphatic carbocycles. The second kappa shape index (κ2) is 4.40. The third kappa shape index (κ3) is 1.75. The van der Waals surface area contributed by atoms with Crippen LogP contribution < -0.4 is 0 Å². The number of hydrogen-bond acceptors (Lipinski definition) is 4. The maximum atomic E-state index is 11.6. The number of ether oxygens (including phenoxy) is 1. The number of pyridine rings is 1. The van der Waals surface area contributed by atoms with Gasteiger partial charge < -0.3 is 4.74 Å². The van der Waals surface area contributed by atoms with E-state index < -0.39 is 0 Å². The topological polar surface area (TPSA) is 56.5 Å². The van der Waals surface area contributed by atoms with Crippen molar-refractivity contribution in [2.45, 2.75) is 31.6 Å². The van der Waals surface area contributed by atoms with Crippen molar-refractivity contribution in [3.8, 4) is 0 Å². The lowest BCUT2D eigenvalue weighted by molar-refractivity contribution is 0.0591. The van der Waals surface area contributed by atoms with Gasteiger partial charge in [-0.05, 0) is 25.0 Å². The third-order valence-corrected chi connectivity index (χ3v) is 3.49. The molecule has 0 saturated heterocycles. The summed E-state index contributed by atoms with van der Waals surface area (Å²) in [4.78, 5) is 16.2. The van der Waals surface area contributed by atoms with E-state index in [1.807, 2.05) is 6.07 Å². The van der Waals surface area contributed by atoms with Crippen molar-refractivity contribution < 1.29 is 9.53 Å². The van der Waals surface area contributed by atoms with Crippen LogP contribution in [0.15, 0.2) is 18.2 Å². The minimum atomic E-state index is -0.386. The van der Waals surface area contributed by atoms with Crippen LogP contribution in [0.1, 0.15) is 47.9 Å². The monoisotopic (exact) mass is 245 g/mol. The van der Waals surface area contributed by atoms with E-state index in [1.165, 1.54) is 20.0 Å². The van der Waals surface area contributed by atoms with Gasteiger partial charge >= 0.3 is 5.97 Å². The molecule has 5 heteroatoms. The molecule has 2 heterocycles. The maximum Gasteiger partial charge on any atom is 0.356 e. The van der Waals surface area contributed by atoms with Gasteiger partial charge in [0.15, 0.2) is 17.2 Å². The summed E-state index contributed by atoms with van der Waals surface area (Å²) >= 11 is 0. The second-order valence-corrected chi connectivity index (χ2v) is 4.62. The van der Waals surface area contributed by atoms with E-state index in [4.69, 9.17) is 4.74 Å². The fourth-order valence-electron chi connectivity index (χ4n) is 2.54. The van der Waals surface area contributed by atoms with Crippen molar-refractivity contribution in [3.63, 3.8) is 0 Å². The first-order valence-electron chi connectivity index (χ1n) is 6.23. The summed E-state index contributed by atoms with van der Waals surface area (Å²) in [5, 5.41) is 4.47. The zero-order valence-electron chi connectivity index (χ0n) is 10.3. The van der Waals surface area contributed by atoms with Crippen LogP contribution in [-0.2, 0) is 4.74 Å². The Morgan fingerprint density at radius 3 is 2.89 bits per heavy atom. The summed E-state index contributed by atoms with van der Waals surface area (Å²) in [5.74, 6) is 0.905. The number of carbonyl (C=O) groups is 1. The minimum absolute atomic E-state index is 0.386. The number of aromatic nitrogens is 3. The predicted molar refractivity (Wildman–Crippen MR) is 65.5 cm³/mol. The highest BCUT2D eigenvalue weighted by molar-refractivity contribution is 5.88. The van der Waals surface area contributed by atoms with Crippen LogP contribution in [0.2, 0.25) is 0 Å². The molecule has 1 saturated carbocycles. The van der Waals surface area contributed by atoms with Crippen LogP contribution in [0.5, 0.6) is 0 Å². The summed E-state index contributed by atoms with van der Waals surface area (Å²) in [6, 6.07) is 5.36. The molecule has 1 fully saturated rings. The quantitative estimate of drug-likeness (QED) is 0.761. The molecule has 0 amide bonds. The molecule has 1 aliphatic rings. The Hall–Kier alpha value is -1.91. The lowest BCUT2D eigenvalue weighted by Gasteiger charge is -2.02. The molecule has 18 heavy (non-hydrogen) atoms. The van der Waals surface area contributed by atoms with Crippen LogP contribution in [0, 0.1) is 0 Å². The van der Waals surface area contributed by atoms with Gasteiger partial charge in [0, 0.05) is 5.92 Å². The zero-order valence-corrected chi connectivity index (χ0v) is 10.3. The van der Waals surface area contributed by atoms with Crippen LogP contribution in [0.4, 0.5) is 0 Å². The Morgan fingerprint density at radius 2 is 2.17 bits per heavy atom. The number of rotatable bonds is 2. The number of esters is 1. The van der Waals surface area contributed by atoms with E-state index >= 15 is 0 Å². The summed E-state index contributed by atoms with van der Waals surface area (Å²) < 4.78 is 6.33. The fourth-order valence-corrected chi connectivity index (χ4v) is 2.54. The molecular weight excluding hydrogens is 230 g/mol. The van der Waals surface area contributed by atoms with Crippen LogP contribution >= 0.6 is 0 Å². The Balaban J connectivity index is 2.08. The average Bonchev–Trinajstić information content (AvgIpc) is 3.04. The molecule has 94 valence electrons. The Bertz CT molecular complexity index is 585. The molecular formula is C13H15N3O2. The first kappa shape index (κ1) is 11.2. The molecule has 2 aromatic rings. The van der Waals surface area contributed by atoms with E-state index in [-0.39, 0.29) is 5.97 Å². The molecule has 0 atom stereocenters. The summed E-state index contributed by atoms with van der Waals surface area (Å²) in [7, 11) is 1.37. The fraction of sp³-hybridized carbons (Fsp3) is 0.462. The zero-order chi connectivity index (χ0) is 12.5. The van der Waals surface area contributed by atoms with Crippen LogP contribution in [-0.4, -0.2) is 27.7 Å². The van der Waals surface area contributed by atoms with Gasteiger partial charge in [0.25, 0.3) is 0 Å². The van der Waals surface area contributed by atoms with Gasteiger partial charge in [-0.15, -0.1) is 0 Å². The summed E-state index contributed by atoms with van der Waals surface area (Å²) in [5.41, 5.74) is 1.13. The minimum Gasteiger partial charge on any atom is -0.464 e. The maximum absolute atomic E-state index is 11.6. The lowest BCUT2D eigenvalue weighted by atomic mass is 10.1. The summed E-state index contributed by atoms with van der Waals surface area (Å²) in [6.45, 7) is 0. The molecule has 2 aromatic heterocycles. The van der Waals surface area contributed by atoms with E-state index in [9.17, 15) is 4.79 Å². The van der Waals surface area contributed by atoms with Gasteiger partial charge in [-0.1, -0.05) is 18.9 Å². The standard InChI is InChI=1S/C13H15N3O2/c1-18-13(17)10-7-4-8-11-14-12(15-16(10)11)9-5-2-3-6-9/h4,7-9H,2-3,5-6H2,1H3. The molecule has 0 spiro atoms. The SMILES string of the molecule is COC(=O)c1cccc2nc(C3CCCC3)nn12. The van der Waals surface area contributed by atoms with E-state index in [1.54, 1.807) is 16.6 Å². The van der Waals surface area contributed by atoms with Crippen molar-refractivity contribution in [3.05, 3.63) is 29.7 Å². The molecule has 0 aromatic carbocycles. The first-order chi connectivity index (χ1) is 8.79. The van der Waals surface area contributed by atoms with Crippen molar-refractivity contribution >= 4 is 11.6 Å². The number of nitrogens with zero attached hydrogens (tertiary/aromatic N) is 3. The van der Waals surface area contributed by atoms with Gasteiger partial charge in [0.2, 0.25) is 0 Å². The highest BCUT2D eigenvalue weighted by Crippen LogP contribution is 2.32.